The molecule has 0 bridgehead atoms. The molecule has 3 nitrogen and oxygen atoms in total. The van der Waals surface area contributed by atoms with Crippen LogP contribution in [0.3, 0.4) is 0 Å². The molecule has 0 spiro atoms. The van der Waals surface area contributed by atoms with Gasteiger partial charge in [0, 0.05) is 24.3 Å². The molecule has 0 aliphatic carbocycles. The van der Waals surface area contributed by atoms with Crippen LogP contribution in [0.2, 0.25) is 0 Å². The van der Waals surface area contributed by atoms with Crippen molar-refractivity contribution in [3.63, 3.8) is 0 Å². The summed E-state index contributed by atoms with van der Waals surface area (Å²) in [6.45, 7) is 6.51. The lowest BCUT2D eigenvalue weighted by atomic mass is 9.83. The van der Waals surface area contributed by atoms with Crippen LogP contribution < -0.4 is 4.74 Å². The predicted molar refractivity (Wildman–Crippen MR) is 124 cm³/mol. The molecule has 0 radical (unpaired) electrons. The highest BCUT2D eigenvalue weighted by atomic mass is 19.1. The number of methoxy groups -OCH3 is 1. The smallest absolute Gasteiger partial charge is 0.126 e. The van der Waals surface area contributed by atoms with E-state index < -0.39 is 0 Å². The van der Waals surface area contributed by atoms with Gasteiger partial charge in [-0.15, -0.1) is 0 Å². The minimum absolute atomic E-state index is 0.152. The maximum absolute atomic E-state index is 15.2. The summed E-state index contributed by atoms with van der Waals surface area (Å²) >= 11 is 0. The van der Waals surface area contributed by atoms with Crippen molar-refractivity contribution < 1.29 is 9.13 Å². The number of nitrogens with zero attached hydrogens (tertiary/aromatic N) is 2. The normalized spacial score (nSPS) is 13.1. The monoisotopic (exact) mass is 420 g/mol. The van der Waals surface area contributed by atoms with Crippen LogP contribution in [0.4, 0.5) is 4.39 Å². The molecule has 0 amide bonds. The summed E-state index contributed by atoms with van der Waals surface area (Å²) in [5.74, 6) is 1.40. The third-order valence-electron chi connectivity index (χ3n) is 6.22. The molecule has 1 aromatic carbocycles. The highest BCUT2D eigenvalue weighted by Gasteiger charge is 2.21. The predicted octanol–water partition coefficient (Wildman–Crippen LogP) is 6.48. The number of halogens is 1. The Balaban J connectivity index is 1.85. The first-order chi connectivity index (χ1) is 15.0. The van der Waals surface area contributed by atoms with Crippen molar-refractivity contribution in [1.29, 1.82) is 0 Å². The number of aromatic nitrogens is 2. The first-order valence-corrected chi connectivity index (χ1v) is 11.2. The zero-order valence-electron chi connectivity index (χ0n) is 19.1. The van der Waals surface area contributed by atoms with Gasteiger partial charge in [0.1, 0.15) is 11.6 Å². The molecule has 31 heavy (non-hydrogen) atoms. The van der Waals surface area contributed by atoms with Gasteiger partial charge in [0.25, 0.3) is 0 Å². The molecule has 3 rings (SSSR count). The summed E-state index contributed by atoms with van der Waals surface area (Å²) in [6.07, 6.45) is 9.70. The van der Waals surface area contributed by atoms with Crippen molar-refractivity contribution in [3.05, 3.63) is 88.8 Å². The van der Waals surface area contributed by atoms with Crippen LogP contribution in [0.5, 0.6) is 5.75 Å². The number of hydrogen-bond acceptors (Lipinski definition) is 3. The van der Waals surface area contributed by atoms with Crippen molar-refractivity contribution in [3.8, 4) is 5.75 Å². The Labute approximate surface area is 185 Å². The van der Waals surface area contributed by atoms with Gasteiger partial charge >= 0.3 is 0 Å². The lowest BCUT2D eigenvalue weighted by Gasteiger charge is -2.23. The Kier molecular flexibility index (Phi) is 8.16. The van der Waals surface area contributed by atoms with Crippen LogP contribution in [0, 0.1) is 18.7 Å². The van der Waals surface area contributed by atoms with Gasteiger partial charge < -0.3 is 4.74 Å². The van der Waals surface area contributed by atoms with E-state index in [0.717, 1.165) is 42.7 Å². The van der Waals surface area contributed by atoms with Crippen molar-refractivity contribution >= 4 is 0 Å². The van der Waals surface area contributed by atoms with Gasteiger partial charge in [-0.25, -0.2) is 4.39 Å². The molecule has 164 valence electrons. The van der Waals surface area contributed by atoms with E-state index in [1.165, 1.54) is 11.1 Å². The Morgan fingerprint density at radius 1 is 1.03 bits per heavy atom. The number of aryl methyl sites for hydroxylation is 3. The number of benzene rings is 1. The average molecular weight is 421 g/mol. The van der Waals surface area contributed by atoms with Gasteiger partial charge in [-0.3, -0.25) is 9.97 Å². The third kappa shape index (κ3) is 6.13. The molecule has 0 saturated heterocycles. The summed E-state index contributed by atoms with van der Waals surface area (Å²) in [5, 5.41) is 0. The number of hydrogen-bond donors (Lipinski definition) is 0. The molecule has 0 N–H and O–H groups in total. The molecule has 0 aliphatic heterocycles. The Morgan fingerprint density at radius 2 is 1.81 bits per heavy atom. The molecule has 0 fully saturated rings. The van der Waals surface area contributed by atoms with Crippen molar-refractivity contribution in [1.82, 2.24) is 9.97 Å². The summed E-state index contributed by atoms with van der Waals surface area (Å²) in [7, 11) is 1.66. The molecule has 0 saturated carbocycles. The van der Waals surface area contributed by atoms with Crippen LogP contribution in [-0.4, -0.2) is 17.1 Å². The van der Waals surface area contributed by atoms with E-state index in [4.69, 9.17) is 4.74 Å². The second-order valence-electron chi connectivity index (χ2n) is 8.44. The Hall–Kier alpha value is -2.75. The van der Waals surface area contributed by atoms with Crippen molar-refractivity contribution in [2.75, 3.05) is 7.11 Å². The fraction of sp³-hybridized carbons (Fsp3) is 0.407. The van der Waals surface area contributed by atoms with E-state index in [9.17, 15) is 0 Å². The SMILES string of the molecule is CCC(C)CC(Cc1cc(OC)c(CCc2ccncc2)cc1F)c1cccnc1C. The molecular weight excluding hydrogens is 387 g/mol. The van der Waals surface area contributed by atoms with Gasteiger partial charge in [-0.2, -0.15) is 0 Å². The summed E-state index contributed by atoms with van der Waals surface area (Å²) in [4.78, 5) is 8.53. The highest BCUT2D eigenvalue weighted by molar-refractivity contribution is 5.40. The summed E-state index contributed by atoms with van der Waals surface area (Å²) in [6, 6.07) is 11.6. The number of ether oxygens (including phenoxy) is 1. The van der Waals surface area contributed by atoms with Crippen LogP contribution >= 0.6 is 0 Å². The lowest BCUT2D eigenvalue weighted by Crippen LogP contribution is -2.11. The standard InChI is InChI=1S/C27H33FN2O/c1-5-19(2)15-23(25-7-6-12-30-20(25)3)16-24-18-27(31-4)22(17-26(24)28)9-8-21-10-13-29-14-11-21/h6-7,10-14,17-19,23H,5,8-9,15-16H2,1-4H3. The third-order valence-corrected chi connectivity index (χ3v) is 6.22. The van der Waals surface area contributed by atoms with E-state index in [2.05, 4.69) is 29.9 Å². The second-order valence-corrected chi connectivity index (χ2v) is 8.44. The largest absolute Gasteiger partial charge is 0.496 e. The molecular formula is C27H33FN2O. The van der Waals surface area contributed by atoms with Gasteiger partial charge in [-0.1, -0.05) is 26.3 Å². The molecule has 0 aliphatic rings. The van der Waals surface area contributed by atoms with Crippen LogP contribution in [-0.2, 0) is 19.3 Å². The van der Waals surface area contributed by atoms with Crippen molar-refractivity contribution in [2.45, 2.75) is 58.8 Å². The molecule has 2 aromatic heterocycles. The van der Waals surface area contributed by atoms with E-state index in [1.807, 2.05) is 37.4 Å². The molecule has 4 heteroatoms. The lowest BCUT2D eigenvalue weighted by molar-refractivity contribution is 0.405. The minimum atomic E-state index is -0.152. The minimum Gasteiger partial charge on any atom is -0.496 e. The zero-order valence-corrected chi connectivity index (χ0v) is 19.1. The van der Waals surface area contributed by atoms with Gasteiger partial charge in [0.05, 0.1) is 7.11 Å². The van der Waals surface area contributed by atoms with E-state index in [-0.39, 0.29) is 11.7 Å². The average Bonchev–Trinajstić information content (AvgIpc) is 2.79. The summed E-state index contributed by atoms with van der Waals surface area (Å²) < 4.78 is 20.9. The number of rotatable bonds is 10. The van der Waals surface area contributed by atoms with E-state index >= 15 is 4.39 Å². The number of pyridine rings is 2. The highest BCUT2D eigenvalue weighted by Crippen LogP contribution is 2.33. The fourth-order valence-corrected chi connectivity index (χ4v) is 4.17. The van der Waals surface area contributed by atoms with E-state index in [0.29, 0.717) is 17.9 Å². The molecule has 2 unspecified atom stereocenters. The van der Waals surface area contributed by atoms with Crippen LogP contribution in [0.1, 0.15) is 60.6 Å². The molecule has 3 aromatic rings. The molecule has 2 heterocycles. The fourth-order valence-electron chi connectivity index (χ4n) is 4.17. The summed E-state index contributed by atoms with van der Waals surface area (Å²) in [5.41, 5.74) is 5.03. The first-order valence-electron chi connectivity index (χ1n) is 11.2. The Bertz CT molecular complexity index is 974. The first kappa shape index (κ1) is 22.9. The maximum atomic E-state index is 15.2. The topological polar surface area (TPSA) is 35.0 Å². The van der Waals surface area contributed by atoms with Crippen LogP contribution in [0.25, 0.3) is 0 Å². The quantitative estimate of drug-likeness (QED) is 0.376. The Morgan fingerprint density at radius 3 is 2.48 bits per heavy atom. The van der Waals surface area contributed by atoms with E-state index in [1.54, 1.807) is 25.6 Å². The van der Waals surface area contributed by atoms with Crippen LogP contribution in [0.15, 0.2) is 55.0 Å². The van der Waals surface area contributed by atoms with Gasteiger partial charge in [-0.05, 0) is 97.0 Å². The van der Waals surface area contributed by atoms with Gasteiger partial charge in [0.2, 0.25) is 0 Å². The second kappa shape index (κ2) is 11.0. The van der Waals surface area contributed by atoms with Gasteiger partial charge in [0.15, 0.2) is 0 Å². The molecule has 2 atom stereocenters. The zero-order chi connectivity index (χ0) is 22.2. The maximum Gasteiger partial charge on any atom is 0.126 e. The van der Waals surface area contributed by atoms with Crippen molar-refractivity contribution in [2.24, 2.45) is 5.92 Å².